The quantitative estimate of drug-likeness (QED) is 0.314. The Hall–Kier alpha value is -2.05. The van der Waals surface area contributed by atoms with E-state index < -0.39 is 29.0 Å². The van der Waals surface area contributed by atoms with Gasteiger partial charge in [-0.1, -0.05) is 11.8 Å². The molecular weight excluding hydrogens is 358 g/mol. The lowest BCUT2D eigenvalue weighted by Crippen LogP contribution is -2.68. The van der Waals surface area contributed by atoms with E-state index in [1.54, 1.807) is 0 Å². The molecule has 12 heteroatoms. The summed E-state index contributed by atoms with van der Waals surface area (Å²) < 4.78 is 1.29. The number of rotatable bonds is 4. The van der Waals surface area contributed by atoms with Crippen LogP contribution in [0, 0.1) is 0 Å². The van der Waals surface area contributed by atoms with E-state index in [-0.39, 0.29) is 22.0 Å². The molecule has 2 aliphatic heterocycles. The van der Waals surface area contributed by atoms with Gasteiger partial charge in [0.15, 0.2) is 5.16 Å². The van der Waals surface area contributed by atoms with Crippen LogP contribution in [0.3, 0.4) is 0 Å². The lowest BCUT2D eigenvalue weighted by Gasteiger charge is -2.48. The van der Waals surface area contributed by atoms with E-state index in [1.165, 1.54) is 28.4 Å². The predicted octanol–water partition coefficient (Wildman–Crippen LogP) is -1.86. The topological polar surface area (TPSA) is 151 Å². The fraction of sp³-hybridized carbons (Fsp3) is 0.417. The number of carboxylic acid groups (broad SMARTS) is 1. The molecule has 0 saturated carbocycles. The number of nitrogens with zero attached hydrogens (tertiary/aromatic N) is 3. The number of aliphatic carboxylic acids is 1. The number of hydrogen-bond donors (Lipinski definition) is 3. The first-order chi connectivity index (χ1) is 11.3. The van der Waals surface area contributed by atoms with Gasteiger partial charge in [0, 0.05) is 18.6 Å². The maximum atomic E-state index is 11.9. The molecule has 2 atom stereocenters. The van der Waals surface area contributed by atoms with Gasteiger partial charge in [-0.15, -0.1) is 11.8 Å². The highest BCUT2D eigenvalue weighted by molar-refractivity contribution is 8.01. The zero-order valence-electron chi connectivity index (χ0n) is 12.4. The number of hydrogen-bond acceptors (Lipinski definition) is 8. The Labute approximate surface area is 143 Å². The SMILES string of the molecule is Cn1[nH]c(=O)c(=O)nc1SCC1=C(C(=O)O)N2C(=O)[C@@H](N)C2SC1. The maximum absolute atomic E-state index is 11.9. The number of carbonyl (C=O) groups is 2. The van der Waals surface area contributed by atoms with Gasteiger partial charge >= 0.3 is 17.1 Å². The van der Waals surface area contributed by atoms with E-state index in [0.717, 1.165) is 11.8 Å². The standard InChI is InChI=1S/C12H13N5O5S2/c1-16-12(14-7(18)8(19)15-16)24-3-4-2-23-10-5(13)9(20)17(10)6(4)11(21)22/h5,10H,2-3,13H2,1H3,(H,15,19)(H,21,22)/t5-,10?/m1/s1. The van der Waals surface area contributed by atoms with Crippen LogP contribution in [0.4, 0.5) is 0 Å². The van der Waals surface area contributed by atoms with Crippen LogP contribution in [-0.2, 0) is 16.6 Å². The van der Waals surface area contributed by atoms with Gasteiger partial charge in [-0.3, -0.25) is 29.1 Å². The number of β-lactam (4-membered cyclic amide) rings is 1. The van der Waals surface area contributed by atoms with Crippen LogP contribution in [0.25, 0.3) is 0 Å². The molecule has 2 aliphatic rings. The molecule has 0 bridgehead atoms. The minimum atomic E-state index is -1.19. The van der Waals surface area contributed by atoms with Crippen LogP contribution < -0.4 is 16.9 Å². The molecule has 1 amide bonds. The van der Waals surface area contributed by atoms with E-state index in [9.17, 15) is 24.3 Å². The first-order valence-electron chi connectivity index (χ1n) is 6.77. The number of aromatic nitrogens is 3. The van der Waals surface area contributed by atoms with Crippen molar-refractivity contribution in [3.05, 3.63) is 32.0 Å². The van der Waals surface area contributed by atoms with Crippen molar-refractivity contribution in [2.24, 2.45) is 12.8 Å². The number of H-pyrrole nitrogens is 1. The van der Waals surface area contributed by atoms with Crippen LogP contribution >= 0.6 is 23.5 Å². The van der Waals surface area contributed by atoms with E-state index >= 15 is 0 Å². The molecule has 1 unspecified atom stereocenters. The van der Waals surface area contributed by atoms with Crippen molar-refractivity contribution in [2.75, 3.05) is 11.5 Å². The van der Waals surface area contributed by atoms with Gasteiger partial charge in [-0.2, -0.15) is 4.98 Å². The van der Waals surface area contributed by atoms with E-state index in [0.29, 0.717) is 11.3 Å². The van der Waals surface area contributed by atoms with E-state index in [2.05, 4.69) is 10.1 Å². The lowest BCUT2D eigenvalue weighted by atomic mass is 10.0. The van der Waals surface area contributed by atoms with Crippen LogP contribution in [0.15, 0.2) is 26.0 Å². The molecule has 24 heavy (non-hydrogen) atoms. The highest BCUT2D eigenvalue weighted by Gasteiger charge is 2.51. The second-order valence-electron chi connectivity index (χ2n) is 5.18. The highest BCUT2D eigenvalue weighted by atomic mass is 32.2. The minimum absolute atomic E-state index is 0.0626. The Morgan fingerprint density at radius 1 is 1.50 bits per heavy atom. The molecular formula is C12H13N5O5S2. The molecule has 10 nitrogen and oxygen atoms in total. The largest absolute Gasteiger partial charge is 0.477 e. The third kappa shape index (κ3) is 2.65. The summed E-state index contributed by atoms with van der Waals surface area (Å²) in [5, 5.41) is 11.6. The van der Waals surface area contributed by atoms with Crippen molar-refractivity contribution >= 4 is 35.4 Å². The van der Waals surface area contributed by atoms with Crippen molar-refractivity contribution in [1.29, 1.82) is 0 Å². The monoisotopic (exact) mass is 371 g/mol. The Morgan fingerprint density at radius 2 is 2.21 bits per heavy atom. The summed E-state index contributed by atoms with van der Waals surface area (Å²) in [5.74, 6) is -0.984. The second kappa shape index (κ2) is 6.11. The van der Waals surface area contributed by atoms with Crippen LogP contribution in [-0.4, -0.2) is 59.6 Å². The van der Waals surface area contributed by atoms with Gasteiger partial charge in [0.25, 0.3) is 0 Å². The Kier molecular flexibility index (Phi) is 4.27. The van der Waals surface area contributed by atoms with Gasteiger partial charge in [0.1, 0.15) is 17.1 Å². The molecule has 0 aliphatic carbocycles. The van der Waals surface area contributed by atoms with E-state index in [4.69, 9.17) is 5.73 Å². The summed E-state index contributed by atoms with van der Waals surface area (Å²) in [6, 6.07) is -0.680. The summed E-state index contributed by atoms with van der Waals surface area (Å²) in [6.07, 6.45) is 0. The number of amides is 1. The summed E-state index contributed by atoms with van der Waals surface area (Å²) in [7, 11) is 1.52. The van der Waals surface area contributed by atoms with Crippen molar-refractivity contribution in [3.8, 4) is 0 Å². The number of fused-ring (bicyclic) bond motifs is 1. The molecule has 3 rings (SSSR count). The summed E-state index contributed by atoms with van der Waals surface area (Å²) in [5.41, 5.74) is 4.42. The molecule has 128 valence electrons. The van der Waals surface area contributed by atoms with Crippen molar-refractivity contribution in [3.63, 3.8) is 0 Å². The Balaban J connectivity index is 1.87. The smallest absolute Gasteiger partial charge is 0.352 e. The van der Waals surface area contributed by atoms with Gasteiger partial charge in [-0.25, -0.2) is 4.79 Å². The van der Waals surface area contributed by atoms with E-state index in [1.807, 2.05) is 0 Å². The zero-order valence-corrected chi connectivity index (χ0v) is 14.0. The molecule has 1 aromatic heterocycles. The Bertz CT molecular complexity index is 875. The molecule has 4 N–H and O–H groups in total. The fourth-order valence-electron chi connectivity index (χ4n) is 2.43. The molecule has 0 radical (unpaired) electrons. The first-order valence-corrected chi connectivity index (χ1v) is 8.80. The number of aryl methyl sites for hydroxylation is 1. The second-order valence-corrected chi connectivity index (χ2v) is 7.23. The lowest BCUT2D eigenvalue weighted by molar-refractivity contribution is -0.147. The minimum Gasteiger partial charge on any atom is -0.477 e. The summed E-state index contributed by atoms with van der Waals surface area (Å²) >= 11 is 2.50. The number of carboxylic acids is 1. The van der Waals surface area contributed by atoms with Crippen molar-refractivity contribution in [2.45, 2.75) is 16.6 Å². The number of nitrogens with two attached hydrogens (primary N) is 1. The predicted molar refractivity (Wildman–Crippen MR) is 86.6 cm³/mol. The molecule has 1 saturated heterocycles. The number of nitrogens with one attached hydrogen (secondary N) is 1. The number of thioether (sulfide) groups is 2. The first kappa shape index (κ1) is 16.8. The normalized spacial score (nSPS) is 23.1. The Morgan fingerprint density at radius 3 is 2.88 bits per heavy atom. The van der Waals surface area contributed by atoms with Crippen LogP contribution in [0.1, 0.15) is 0 Å². The third-order valence-corrected chi connectivity index (χ3v) is 6.09. The number of aromatic amines is 1. The zero-order chi connectivity index (χ0) is 17.6. The van der Waals surface area contributed by atoms with Crippen molar-refractivity contribution in [1.82, 2.24) is 19.7 Å². The molecule has 1 fully saturated rings. The average Bonchev–Trinajstić information content (AvgIpc) is 2.55. The van der Waals surface area contributed by atoms with Crippen molar-refractivity contribution < 1.29 is 14.7 Å². The van der Waals surface area contributed by atoms with Gasteiger partial charge in [0.2, 0.25) is 5.91 Å². The van der Waals surface area contributed by atoms with Crippen LogP contribution in [0.5, 0.6) is 0 Å². The molecule has 0 spiro atoms. The highest BCUT2D eigenvalue weighted by Crippen LogP contribution is 2.40. The van der Waals surface area contributed by atoms with Gasteiger partial charge < -0.3 is 10.8 Å². The number of carbonyl (C=O) groups excluding carboxylic acids is 1. The third-order valence-electron chi connectivity index (χ3n) is 3.61. The fourth-order valence-corrected chi connectivity index (χ4v) is 4.78. The van der Waals surface area contributed by atoms with Gasteiger partial charge in [-0.05, 0) is 5.57 Å². The molecule has 3 heterocycles. The summed E-state index contributed by atoms with van der Waals surface area (Å²) in [6.45, 7) is 0. The maximum Gasteiger partial charge on any atom is 0.352 e. The van der Waals surface area contributed by atoms with Crippen LogP contribution in [0.2, 0.25) is 0 Å². The van der Waals surface area contributed by atoms with Gasteiger partial charge in [0.05, 0.1) is 0 Å². The molecule has 0 aromatic carbocycles. The summed E-state index contributed by atoms with van der Waals surface area (Å²) in [4.78, 5) is 50.8. The average molecular weight is 371 g/mol. The molecule has 1 aromatic rings.